The number of ether oxygens (including phenoxy) is 1. The summed E-state index contributed by atoms with van der Waals surface area (Å²) in [6.07, 6.45) is 4.13. The van der Waals surface area contributed by atoms with Crippen LogP contribution in [-0.4, -0.2) is 36.4 Å². The molecule has 2 N–H and O–H groups in total. The smallest absolute Gasteiger partial charge is 0.269 e. The third-order valence-electron chi connectivity index (χ3n) is 3.16. The molecular formula is C11H8ClN7O2. The molecule has 0 bridgehead atoms. The van der Waals surface area contributed by atoms with Gasteiger partial charge in [-0.25, -0.2) is 19.9 Å². The van der Waals surface area contributed by atoms with Gasteiger partial charge in [-0.15, -0.1) is 0 Å². The van der Waals surface area contributed by atoms with Gasteiger partial charge in [0, 0.05) is 12.8 Å². The van der Waals surface area contributed by atoms with Crippen molar-refractivity contribution < 1.29 is 9.53 Å². The molecule has 0 atom stereocenters. The fraction of sp³-hybridized carbons (Fsp3) is 0.273. The molecule has 1 saturated carbocycles. The molecule has 1 amide bonds. The first-order chi connectivity index (χ1) is 10.1. The van der Waals surface area contributed by atoms with E-state index in [0.717, 1.165) is 0 Å². The Bertz CT molecular complexity index is 749. The molecule has 0 unspecified atom stereocenters. The maximum absolute atomic E-state index is 11.9. The Morgan fingerprint density at radius 2 is 2.14 bits per heavy atom. The van der Waals surface area contributed by atoms with Gasteiger partial charge in [-0.2, -0.15) is 4.98 Å². The number of rotatable bonds is 2. The summed E-state index contributed by atoms with van der Waals surface area (Å²) in [7, 11) is 0. The number of nitrogens with zero attached hydrogens (tertiary/aromatic N) is 5. The first-order valence-electron chi connectivity index (χ1n) is 6.14. The number of aromatic nitrogens is 5. The minimum absolute atomic E-state index is 0.0609. The number of amides is 1. The largest absolute Gasteiger partial charge is 0.458 e. The van der Waals surface area contributed by atoms with Crippen molar-refractivity contribution >= 4 is 35.1 Å². The normalized spacial score (nSPS) is 17.7. The fourth-order valence-corrected chi connectivity index (χ4v) is 2.06. The summed E-state index contributed by atoms with van der Waals surface area (Å²) >= 11 is 5.67. The molecule has 1 aliphatic carbocycles. The van der Waals surface area contributed by atoms with Gasteiger partial charge in [-0.05, 0) is 11.6 Å². The average molecular weight is 306 g/mol. The Kier molecular flexibility index (Phi) is 2.45. The molecule has 2 aromatic rings. The lowest BCUT2D eigenvalue weighted by molar-refractivity contribution is -0.125. The van der Waals surface area contributed by atoms with Crippen LogP contribution in [0.4, 0.5) is 17.6 Å². The molecule has 9 nitrogen and oxygen atoms in total. The van der Waals surface area contributed by atoms with E-state index in [2.05, 4.69) is 35.6 Å². The van der Waals surface area contributed by atoms with E-state index >= 15 is 0 Å². The van der Waals surface area contributed by atoms with Gasteiger partial charge in [-0.1, -0.05) is 0 Å². The van der Waals surface area contributed by atoms with Crippen molar-refractivity contribution in [3.63, 3.8) is 0 Å². The zero-order valence-electron chi connectivity index (χ0n) is 10.5. The van der Waals surface area contributed by atoms with Gasteiger partial charge >= 0.3 is 0 Å². The van der Waals surface area contributed by atoms with Crippen LogP contribution in [0.2, 0.25) is 5.28 Å². The first kappa shape index (κ1) is 12.2. The molecular weight excluding hydrogens is 298 g/mol. The second kappa shape index (κ2) is 4.22. The predicted octanol–water partition coefficient (Wildman–Crippen LogP) is 0.922. The molecule has 106 valence electrons. The number of nitrogens with one attached hydrogen (secondary N) is 2. The Hall–Kier alpha value is -2.55. The minimum Gasteiger partial charge on any atom is -0.458 e. The average Bonchev–Trinajstić information content (AvgIpc) is 3.21. The van der Waals surface area contributed by atoms with Crippen molar-refractivity contribution in [2.75, 3.05) is 10.6 Å². The number of hydrogen-bond donors (Lipinski definition) is 2. The van der Waals surface area contributed by atoms with Crippen molar-refractivity contribution in [1.82, 2.24) is 24.9 Å². The summed E-state index contributed by atoms with van der Waals surface area (Å²) in [6.45, 7) is 0. The van der Waals surface area contributed by atoms with Crippen molar-refractivity contribution in [3.8, 4) is 5.88 Å². The summed E-state index contributed by atoms with van der Waals surface area (Å²) in [5.74, 6) is 0.969. The van der Waals surface area contributed by atoms with Crippen LogP contribution in [0.5, 0.6) is 5.88 Å². The highest BCUT2D eigenvalue weighted by molar-refractivity contribution is 6.28. The maximum atomic E-state index is 11.9. The van der Waals surface area contributed by atoms with Crippen LogP contribution in [0.3, 0.4) is 0 Å². The monoisotopic (exact) mass is 305 g/mol. The second-order valence-corrected chi connectivity index (χ2v) is 5.00. The lowest BCUT2D eigenvalue weighted by atomic mass is 10.3. The zero-order chi connectivity index (χ0) is 14.4. The fourth-order valence-electron chi connectivity index (χ4n) is 1.94. The molecule has 4 rings (SSSR count). The Morgan fingerprint density at radius 3 is 2.90 bits per heavy atom. The number of anilines is 3. The van der Waals surface area contributed by atoms with Crippen molar-refractivity contribution in [2.24, 2.45) is 0 Å². The van der Waals surface area contributed by atoms with E-state index in [1.165, 1.54) is 12.5 Å². The third-order valence-corrected chi connectivity index (χ3v) is 3.35. The molecule has 0 aromatic carbocycles. The van der Waals surface area contributed by atoms with Gasteiger partial charge in [0.2, 0.25) is 11.2 Å². The van der Waals surface area contributed by atoms with Gasteiger partial charge in [0.15, 0.2) is 17.2 Å². The van der Waals surface area contributed by atoms with Crippen LogP contribution in [-0.2, 0) is 4.79 Å². The Balaban J connectivity index is 1.61. The standard InChI is InChI=1S/C11H8ClN7O2/c12-9-14-4-15-10(19-9)17-5-3-13-7-6(16-5)18-8(20)11(21-7)1-2-11/h3-4H,1-2H2,(H2,14,15,16,17,18,19,20). The van der Waals surface area contributed by atoms with Crippen LogP contribution < -0.4 is 15.4 Å². The molecule has 3 heterocycles. The highest BCUT2D eigenvalue weighted by Gasteiger charge is 2.56. The quantitative estimate of drug-likeness (QED) is 0.841. The summed E-state index contributed by atoms with van der Waals surface area (Å²) in [5, 5.41) is 5.57. The van der Waals surface area contributed by atoms with Crippen molar-refractivity contribution in [2.45, 2.75) is 18.4 Å². The van der Waals surface area contributed by atoms with Crippen molar-refractivity contribution in [1.29, 1.82) is 0 Å². The van der Waals surface area contributed by atoms with Crippen LogP contribution in [0.1, 0.15) is 12.8 Å². The molecule has 2 aromatic heterocycles. The van der Waals surface area contributed by atoms with E-state index in [0.29, 0.717) is 24.5 Å². The van der Waals surface area contributed by atoms with Crippen molar-refractivity contribution in [3.05, 3.63) is 17.8 Å². The number of hydrogen-bond acceptors (Lipinski definition) is 8. The maximum Gasteiger partial charge on any atom is 0.269 e. The zero-order valence-corrected chi connectivity index (χ0v) is 11.3. The number of carbonyl (C=O) groups excluding carboxylic acids is 1. The van der Waals surface area contributed by atoms with Gasteiger partial charge in [-0.3, -0.25) is 4.79 Å². The molecule has 0 radical (unpaired) electrons. The van der Waals surface area contributed by atoms with Gasteiger partial charge in [0.25, 0.3) is 11.8 Å². The highest BCUT2D eigenvalue weighted by Crippen LogP contribution is 2.45. The molecule has 21 heavy (non-hydrogen) atoms. The Morgan fingerprint density at radius 1 is 1.29 bits per heavy atom. The van der Waals surface area contributed by atoms with Crippen LogP contribution in [0, 0.1) is 0 Å². The number of fused-ring (bicyclic) bond motifs is 1. The lowest BCUT2D eigenvalue weighted by Crippen LogP contribution is -2.39. The second-order valence-electron chi connectivity index (χ2n) is 4.66. The van der Waals surface area contributed by atoms with Gasteiger partial charge < -0.3 is 15.4 Å². The van der Waals surface area contributed by atoms with Crippen LogP contribution in [0.25, 0.3) is 0 Å². The summed E-state index contributed by atoms with van der Waals surface area (Å²) < 4.78 is 5.59. The minimum atomic E-state index is -0.738. The molecule has 1 aliphatic heterocycles. The van der Waals surface area contributed by atoms with Gasteiger partial charge in [0.05, 0.1) is 6.20 Å². The molecule has 1 fully saturated rings. The Labute approximate surface area is 123 Å². The first-order valence-corrected chi connectivity index (χ1v) is 6.51. The van der Waals surface area contributed by atoms with E-state index in [-0.39, 0.29) is 23.0 Å². The van der Waals surface area contributed by atoms with E-state index < -0.39 is 5.60 Å². The lowest BCUT2D eigenvalue weighted by Gasteiger charge is -2.23. The molecule has 1 spiro atoms. The molecule has 10 heteroatoms. The number of carbonyl (C=O) groups is 1. The van der Waals surface area contributed by atoms with Gasteiger partial charge in [0.1, 0.15) is 6.33 Å². The number of halogens is 1. The van der Waals surface area contributed by atoms with E-state index in [4.69, 9.17) is 16.3 Å². The SMILES string of the molecule is O=C1Nc2nc(Nc3ncnc(Cl)n3)cnc2OC12CC2. The molecule has 2 aliphatic rings. The topological polar surface area (TPSA) is 115 Å². The van der Waals surface area contributed by atoms with E-state index in [1.54, 1.807) is 0 Å². The van der Waals surface area contributed by atoms with E-state index in [1.807, 2.05) is 0 Å². The van der Waals surface area contributed by atoms with E-state index in [9.17, 15) is 4.79 Å². The summed E-state index contributed by atoms with van der Waals surface area (Å²) in [5.41, 5.74) is -0.738. The highest BCUT2D eigenvalue weighted by atomic mass is 35.5. The van der Waals surface area contributed by atoms with Crippen LogP contribution >= 0.6 is 11.6 Å². The summed E-state index contributed by atoms with van der Waals surface area (Å²) in [6, 6.07) is 0. The third kappa shape index (κ3) is 2.11. The molecule has 0 saturated heterocycles. The summed E-state index contributed by atoms with van der Waals surface area (Å²) in [4.78, 5) is 31.7. The van der Waals surface area contributed by atoms with Crippen LogP contribution in [0.15, 0.2) is 12.5 Å². The predicted molar refractivity (Wildman–Crippen MR) is 71.4 cm³/mol.